The molecule has 11 heteroatoms. The van der Waals surface area contributed by atoms with E-state index in [0.717, 1.165) is 30.3 Å². The number of hydrogen-bond acceptors (Lipinski definition) is 7. The summed E-state index contributed by atoms with van der Waals surface area (Å²) in [5, 5.41) is 8.06. The van der Waals surface area contributed by atoms with Crippen LogP contribution in [0.15, 0.2) is 54.6 Å². The molecule has 0 spiro atoms. The largest absolute Gasteiger partial charge is 0.449 e. The van der Waals surface area contributed by atoms with Gasteiger partial charge in [0.2, 0.25) is 17.7 Å². The number of carbonyl (C=O) groups excluding carboxylic acids is 6. The Kier molecular flexibility index (Phi) is 45.3. The van der Waals surface area contributed by atoms with Crippen LogP contribution in [0.3, 0.4) is 0 Å². The van der Waals surface area contributed by atoms with Gasteiger partial charge in [0, 0.05) is 26.4 Å². The van der Waals surface area contributed by atoms with E-state index in [4.69, 9.17) is 4.74 Å². The van der Waals surface area contributed by atoms with Gasteiger partial charge in [-0.2, -0.15) is 0 Å². The Bertz CT molecular complexity index is 1270. The summed E-state index contributed by atoms with van der Waals surface area (Å²) in [6.45, 7) is 36.9. The molecule has 3 N–H and O–H groups in total. The molecule has 0 bridgehead atoms. The fourth-order valence-electron chi connectivity index (χ4n) is 4.09. The molecule has 1 fully saturated rings. The Balaban J connectivity index is -0.000000225. The Morgan fingerprint density at radius 2 is 1.29 bits per heavy atom. The second kappa shape index (κ2) is 41.9. The number of likely N-dealkylation sites (N-methyl/N-ethyl adjacent to an activating group) is 1. The van der Waals surface area contributed by atoms with Gasteiger partial charge in [0.05, 0.1) is 18.7 Å². The molecule has 1 aliphatic carbocycles. The smallest absolute Gasteiger partial charge is 0.407 e. The number of nitrogens with one attached hydrogen (secondary N) is 3. The van der Waals surface area contributed by atoms with E-state index in [-0.39, 0.29) is 35.3 Å². The van der Waals surface area contributed by atoms with Gasteiger partial charge in [-0.25, -0.2) is 4.79 Å². The van der Waals surface area contributed by atoms with Crippen LogP contribution >= 0.6 is 0 Å². The van der Waals surface area contributed by atoms with Crippen molar-refractivity contribution in [3.63, 3.8) is 0 Å². The van der Waals surface area contributed by atoms with Crippen molar-refractivity contribution in [1.82, 2.24) is 20.9 Å². The Hall–Kier alpha value is -4.28. The van der Waals surface area contributed by atoms with Gasteiger partial charge in [0.25, 0.3) is 0 Å². The number of allylic oxidation sites excluding steroid dienone is 1. The van der Waals surface area contributed by atoms with Crippen molar-refractivity contribution in [3.05, 3.63) is 60.2 Å². The number of ketones is 1. The predicted molar refractivity (Wildman–Crippen MR) is 248 cm³/mol. The molecule has 4 atom stereocenters. The van der Waals surface area contributed by atoms with Gasteiger partial charge in [-0.1, -0.05) is 165 Å². The number of Topliss-reactive ketones (excluding diaryl/α,β-unsaturated/α-hetero) is 1. The molecule has 0 radical (unpaired) electrons. The van der Waals surface area contributed by atoms with Crippen LogP contribution in [0.4, 0.5) is 4.79 Å². The van der Waals surface area contributed by atoms with Crippen molar-refractivity contribution in [1.29, 1.82) is 0 Å². The lowest BCUT2D eigenvalue weighted by Gasteiger charge is -2.21. The van der Waals surface area contributed by atoms with Crippen molar-refractivity contribution in [2.75, 3.05) is 20.7 Å². The van der Waals surface area contributed by atoms with Crippen LogP contribution in [-0.2, 0) is 28.7 Å². The summed E-state index contributed by atoms with van der Waals surface area (Å²) in [5.41, 5.74) is 2.35. The SMILES string of the molecule is C1CC1.C=C(CC)CC(CC)C(=O)NC(CC)C(=O)C(=C)C.CC.CC.CC.CC(C)COC(=O)NC(C=O)C(C)C.CCC(=O)NC(C(=O)N(C)C)c1ccccc1. The number of hydrogen-bond donors (Lipinski definition) is 3. The third-order valence-electron chi connectivity index (χ3n) is 7.86. The first-order chi connectivity index (χ1) is 27.9. The fourth-order valence-corrected chi connectivity index (χ4v) is 4.09. The van der Waals surface area contributed by atoms with Crippen molar-refractivity contribution in [2.24, 2.45) is 17.8 Å². The Morgan fingerprint density at radius 1 is 0.780 bits per heavy atom. The average molecular weight is 833 g/mol. The summed E-state index contributed by atoms with van der Waals surface area (Å²) in [4.78, 5) is 70.7. The lowest BCUT2D eigenvalue weighted by molar-refractivity contribution is -0.134. The molecule has 1 aromatic rings. The van der Waals surface area contributed by atoms with Crippen LogP contribution in [0.2, 0.25) is 0 Å². The number of amides is 4. The van der Waals surface area contributed by atoms with Crippen molar-refractivity contribution >= 4 is 35.9 Å². The molecule has 0 aliphatic heterocycles. The van der Waals surface area contributed by atoms with E-state index in [9.17, 15) is 28.8 Å². The normalized spacial score (nSPS) is 12.3. The van der Waals surface area contributed by atoms with Gasteiger partial charge in [-0.05, 0) is 55.6 Å². The number of nitrogens with zero attached hydrogens (tertiary/aromatic N) is 1. The standard InChI is InChI=1S/C16H27NO2.C13H18N2O2.C10H19NO3.C3H6.3C2H6/c1-7-12(6)10-13(8-2)16(19)17-14(9-3)15(18)11(4)5;1-4-11(16)14-12(13(17)15(2)3)10-8-6-5-7-9-10;1-7(2)6-14-10(13)11-9(5-12)8(3)4;1-2-3-1;3*1-2/h13-14H,4,6-10H2,1-3,5H3,(H,17,19);5-9,12H,4H2,1-3H3,(H,14,16);5,7-9H,6H2,1-4H3,(H,11,13);1-3H2;3*1-2H3. The minimum atomic E-state index is -0.598. The van der Waals surface area contributed by atoms with Gasteiger partial charge in [0.15, 0.2) is 5.78 Å². The molecule has 1 saturated carbocycles. The number of carbonyl (C=O) groups is 6. The van der Waals surface area contributed by atoms with Gasteiger partial charge >= 0.3 is 6.09 Å². The van der Waals surface area contributed by atoms with Gasteiger partial charge in [-0.15, -0.1) is 0 Å². The Labute approximate surface area is 361 Å². The summed E-state index contributed by atoms with van der Waals surface area (Å²) in [5.74, 6) is -0.112. The minimum Gasteiger partial charge on any atom is -0.449 e. The van der Waals surface area contributed by atoms with Crippen LogP contribution in [0.5, 0.6) is 0 Å². The third-order valence-corrected chi connectivity index (χ3v) is 7.86. The average Bonchev–Trinajstić information content (AvgIpc) is 4.14. The summed E-state index contributed by atoms with van der Waals surface area (Å²) in [6, 6.07) is 7.74. The van der Waals surface area contributed by atoms with Gasteiger partial charge in [0.1, 0.15) is 12.3 Å². The van der Waals surface area contributed by atoms with Crippen LogP contribution in [0.25, 0.3) is 0 Å². The second-order valence-corrected chi connectivity index (χ2v) is 14.1. The fraction of sp³-hybridized carbons (Fsp3) is 0.667. The molecule has 2 rings (SSSR count). The van der Waals surface area contributed by atoms with Crippen molar-refractivity contribution in [3.8, 4) is 0 Å². The topological polar surface area (TPSA) is 151 Å². The maximum Gasteiger partial charge on any atom is 0.407 e. The lowest BCUT2D eigenvalue weighted by atomic mass is 9.94. The van der Waals surface area contributed by atoms with Crippen molar-refractivity contribution in [2.45, 2.75) is 173 Å². The molecule has 0 saturated heterocycles. The third kappa shape index (κ3) is 35.4. The maximum atomic E-state index is 12.2. The van der Waals surface area contributed by atoms with Gasteiger partial charge < -0.3 is 30.4 Å². The number of alkyl carbamates (subject to hydrolysis) is 1. The number of benzene rings is 1. The van der Waals surface area contributed by atoms with E-state index in [1.807, 2.05) is 120 Å². The predicted octanol–water partition coefficient (Wildman–Crippen LogP) is 10.6. The number of rotatable bonds is 18. The lowest BCUT2D eigenvalue weighted by Crippen LogP contribution is -2.43. The second-order valence-electron chi connectivity index (χ2n) is 14.1. The highest BCUT2D eigenvalue weighted by Gasteiger charge is 2.25. The highest BCUT2D eigenvalue weighted by molar-refractivity contribution is 6.00. The maximum absolute atomic E-state index is 12.2. The summed E-state index contributed by atoms with van der Waals surface area (Å²) < 4.78 is 4.88. The number of aldehydes is 1. The summed E-state index contributed by atoms with van der Waals surface area (Å²) in [7, 11) is 3.35. The Morgan fingerprint density at radius 3 is 1.63 bits per heavy atom. The zero-order valence-corrected chi connectivity index (χ0v) is 40.5. The molecule has 342 valence electrons. The van der Waals surface area contributed by atoms with Crippen LogP contribution < -0.4 is 16.0 Å². The molecule has 11 nitrogen and oxygen atoms in total. The van der Waals surface area contributed by atoms with Crippen LogP contribution in [0, 0.1) is 17.8 Å². The zero-order chi connectivity index (χ0) is 47.1. The molecule has 1 aromatic carbocycles. The highest BCUT2D eigenvalue weighted by atomic mass is 16.5. The summed E-state index contributed by atoms with van der Waals surface area (Å²) in [6.07, 6.45) is 7.98. The molecule has 4 amide bonds. The molecule has 4 unspecified atom stereocenters. The van der Waals surface area contributed by atoms with E-state index in [2.05, 4.69) is 29.1 Å². The van der Waals surface area contributed by atoms with Crippen molar-refractivity contribution < 1.29 is 33.5 Å². The summed E-state index contributed by atoms with van der Waals surface area (Å²) >= 11 is 0. The molecule has 0 aromatic heterocycles. The van der Waals surface area contributed by atoms with Crippen LogP contribution in [-0.4, -0.2) is 73.6 Å². The molecule has 59 heavy (non-hydrogen) atoms. The van der Waals surface area contributed by atoms with E-state index in [1.54, 1.807) is 27.9 Å². The first kappa shape index (κ1) is 63.9. The first-order valence-corrected chi connectivity index (χ1v) is 22.0. The van der Waals surface area contributed by atoms with E-state index in [0.29, 0.717) is 37.4 Å². The monoisotopic (exact) mass is 833 g/mol. The molecular formula is C48H88N4O7. The van der Waals surface area contributed by atoms with E-state index in [1.165, 1.54) is 24.2 Å². The zero-order valence-electron chi connectivity index (χ0n) is 40.5. The number of ether oxygens (including phenoxy) is 1. The quantitative estimate of drug-likeness (QED) is 0.0757. The van der Waals surface area contributed by atoms with Crippen LogP contribution in [0.1, 0.15) is 167 Å². The molecule has 0 heterocycles. The van der Waals surface area contributed by atoms with Gasteiger partial charge in [-0.3, -0.25) is 19.2 Å². The first-order valence-electron chi connectivity index (χ1n) is 22.0. The highest BCUT2D eigenvalue weighted by Crippen LogP contribution is 2.18. The molecule has 1 aliphatic rings. The molecular weight excluding hydrogens is 745 g/mol. The van der Waals surface area contributed by atoms with E-state index < -0.39 is 24.2 Å². The minimum absolute atomic E-state index is 0.0569. The van der Waals surface area contributed by atoms with E-state index >= 15 is 0 Å².